The SMILES string of the molecule is COc1ccc(Br)c2c(-c3ccccc3Cl)c(C(=O)NN=Cc3ccccc3OC(=O)c3ccc(C)cc3)[nH]c12. The third kappa shape index (κ3) is 5.50. The molecule has 0 aliphatic carbocycles. The minimum atomic E-state index is -0.495. The quantitative estimate of drug-likeness (QED) is 0.0855. The summed E-state index contributed by atoms with van der Waals surface area (Å²) in [5, 5.41) is 5.38. The summed E-state index contributed by atoms with van der Waals surface area (Å²) in [4.78, 5) is 29.3. The van der Waals surface area contributed by atoms with E-state index in [0.717, 1.165) is 15.4 Å². The van der Waals surface area contributed by atoms with Gasteiger partial charge in [-0.1, -0.05) is 75.6 Å². The van der Waals surface area contributed by atoms with Crippen molar-refractivity contribution in [3.63, 3.8) is 0 Å². The smallest absolute Gasteiger partial charge is 0.343 e. The van der Waals surface area contributed by atoms with Gasteiger partial charge in [0.2, 0.25) is 0 Å². The van der Waals surface area contributed by atoms with E-state index in [1.807, 2.05) is 43.3 Å². The third-order valence-corrected chi connectivity index (χ3v) is 7.23. The Labute approximate surface area is 243 Å². The van der Waals surface area contributed by atoms with Gasteiger partial charge in [0.1, 0.15) is 17.2 Å². The van der Waals surface area contributed by atoms with Crippen LogP contribution in [0.5, 0.6) is 11.5 Å². The van der Waals surface area contributed by atoms with Crippen LogP contribution in [-0.4, -0.2) is 30.2 Å². The molecule has 2 N–H and O–H groups in total. The van der Waals surface area contributed by atoms with Crippen molar-refractivity contribution >= 4 is 56.5 Å². The first-order valence-corrected chi connectivity index (χ1v) is 13.4. The average Bonchev–Trinajstić information content (AvgIpc) is 3.36. The minimum absolute atomic E-state index is 0.254. The largest absolute Gasteiger partial charge is 0.495 e. The maximum absolute atomic E-state index is 13.5. The van der Waals surface area contributed by atoms with Gasteiger partial charge in [-0.2, -0.15) is 5.10 Å². The number of aromatic nitrogens is 1. The van der Waals surface area contributed by atoms with Crippen LogP contribution in [0, 0.1) is 6.92 Å². The highest BCUT2D eigenvalue weighted by molar-refractivity contribution is 9.10. The van der Waals surface area contributed by atoms with Crippen molar-refractivity contribution < 1.29 is 19.1 Å². The molecule has 200 valence electrons. The van der Waals surface area contributed by atoms with Gasteiger partial charge in [-0.3, -0.25) is 4.79 Å². The lowest BCUT2D eigenvalue weighted by Crippen LogP contribution is -2.19. The van der Waals surface area contributed by atoms with E-state index in [2.05, 4.69) is 31.4 Å². The lowest BCUT2D eigenvalue weighted by molar-refractivity contribution is 0.0734. The van der Waals surface area contributed by atoms with Gasteiger partial charge in [0.25, 0.3) is 5.91 Å². The lowest BCUT2D eigenvalue weighted by Gasteiger charge is -2.08. The highest BCUT2D eigenvalue weighted by Crippen LogP contribution is 2.42. The van der Waals surface area contributed by atoms with Crippen LogP contribution < -0.4 is 14.9 Å². The average molecular weight is 617 g/mol. The summed E-state index contributed by atoms with van der Waals surface area (Å²) in [6.45, 7) is 1.94. The second-order valence-corrected chi connectivity index (χ2v) is 10.1. The summed E-state index contributed by atoms with van der Waals surface area (Å²) in [6.07, 6.45) is 1.42. The Bertz CT molecular complexity index is 1760. The first kappa shape index (κ1) is 27.2. The minimum Gasteiger partial charge on any atom is -0.495 e. The van der Waals surface area contributed by atoms with Crippen LogP contribution in [0.2, 0.25) is 5.02 Å². The number of hydrazone groups is 1. The van der Waals surface area contributed by atoms with E-state index in [-0.39, 0.29) is 5.69 Å². The summed E-state index contributed by atoms with van der Waals surface area (Å²) >= 11 is 10.2. The Hall–Kier alpha value is -4.40. The first-order valence-electron chi connectivity index (χ1n) is 12.2. The Balaban J connectivity index is 1.45. The van der Waals surface area contributed by atoms with E-state index in [1.165, 1.54) is 6.21 Å². The van der Waals surface area contributed by atoms with Crippen molar-refractivity contribution in [1.29, 1.82) is 0 Å². The number of hydrogen-bond acceptors (Lipinski definition) is 5. The molecule has 0 saturated carbocycles. The fourth-order valence-electron chi connectivity index (χ4n) is 4.26. The number of methoxy groups -OCH3 is 1. The molecule has 40 heavy (non-hydrogen) atoms. The maximum Gasteiger partial charge on any atom is 0.343 e. The molecule has 0 bridgehead atoms. The molecule has 4 aromatic carbocycles. The molecule has 1 heterocycles. The molecule has 0 spiro atoms. The zero-order chi connectivity index (χ0) is 28.2. The highest BCUT2D eigenvalue weighted by atomic mass is 79.9. The Morgan fingerprint density at radius 2 is 1.68 bits per heavy atom. The number of esters is 1. The fraction of sp³-hybridized carbons (Fsp3) is 0.0645. The maximum atomic E-state index is 13.5. The predicted octanol–water partition coefficient (Wildman–Crippen LogP) is 7.55. The molecule has 0 unspecified atom stereocenters. The van der Waals surface area contributed by atoms with Gasteiger partial charge in [-0.25, -0.2) is 10.2 Å². The van der Waals surface area contributed by atoms with Crippen LogP contribution >= 0.6 is 27.5 Å². The van der Waals surface area contributed by atoms with Crippen LogP contribution in [0.4, 0.5) is 0 Å². The van der Waals surface area contributed by atoms with Crippen molar-refractivity contribution in [1.82, 2.24) is 10.4 Å². The molecule has 9 heteroatoms. The normalized spacial score (nSPS) is 11.1. The Kier molecular flexibility index (Phi) is 8.00. The van der Waals surface area contributed by atoms with E-state index in [4.69, 9.17) is 21.1 Å². The Morgan fingerprint density at radius 1 is 0.950 bits per heavy atom. The summed E-state index contributed by atoms with van der Waals surface area (Å²) in [6, 6.07) is 24.9. The number of aryl methyl sites for hydroxylation is 1. The van der Waals surface area contributed by atoms with E-state index in [1.54, 1.807) is 55.6 Å². The molecule has 1 amide bonds. The number of para-hydroxylation sites is 1. The van der Waals surface area contributed by atoms with E-state index >= 15 is 0 Å². The number of benzene rings is 4. The number of aromatic amines is 1. The number of ether oxygens (including phenoxy) is 2. The van der Waals surface area contributed by atoms with Crippen LogP contribution in [0.3, 0.4) is 0 Å². The number of H-pyrrole nitrogens is 1. The fourth-order valence-corrected chi connectivity index (χ4v) is 5.02. The van der Waals surface area contributed by atoms with E-state index in [0.29, 0.717) is 44.3 Å². The van der Waals surface area contributed by atoms with Gasteiger partial charge in [-0.05, 0) is 49.4 Å². The lowest BCUT2D eigenvalue weighted by atomic mass is 10.0. The summed E-state index contributed by atoms with van der Waals surface area (Å²) < 4.78 is 11.9. The molecule has 5 aromatic rings. The number of fused-ring (bicyclic) bond motifs is 1. The summed E-state index contributed by atoms with van der Waals surface area (Å²) in [5.74, 6) is -0.113. The van der Waals surface area contributed by atoms with E-state index in [9.17, 15) is 9.59 Å². The van der Waals surface area contributed by atoms with Crippen molar-refractivity contribution in [2.75, 3.05) is 7.11 Å². The second-order valence-electron chi connectivity index (χ2n) is 8.85. The van der Waals surface area contributed by atoms with E-state index < -0.39 is 11.9 Å². The molecule has 0 radical (unpaired) electrons. The highest BCUT2D eigenvalue weighted by Gasteiger charge is 2.24. The molecule has 0 aliphatic heterocycles. The first-order chi connectivity index (χ1) is 19.4. The molecule has 0 fully saturated rings. The standard InChI is InChI=1S/C31H23BrClN3O4/c1-18-11-13-19(14-12-18)31(38)40-24-10-6-3-7-20(24)17-34-36-30(37)29-26(21-8-4-5-9-23(21)33)27-22(32)15-16-25(39-2)28(27)35-29/h3-17,35H,1-2H3,(H,36,37). The number of carbonyl (C=O) groups excluding carboxylic acids is 2. The number of hydrogen-bond donors (Lipinski definition) is 2. The van der Waals surface area contributed by atoms with Gasteiger partial charge < -0.3 is 14.5 Å². The predicted molar refractivity (Wildman–Crippen MR) is 161 cm³/mol. The topological polar surface area (TPSA) is 92.8 Å². The van der Waals surface area contributed by atoms with Crippen LogP contribution in [0.1, 0.15) is 32.0 Å². The van der Waals surface area contributed by atoms with Crippen LogP contribution in [-0.2, 0) is 0 Å². The molecule has 0 atom stereocenters. The van der Waals surface area contributed by atoms with Crippen LogP contribution in [0.15, 0.2) is 94.5 Å². The molecule has 5 rings (SSSR count). The summed E-state index contributed by atoms with van der Waals surface area (Å²) in [5.41, 5.74) is 6.72. The van der Waals surface area contributed by atoms with Crippen LogP contribution in [0.25, 0.3) is 22.0 Å². The van der Waals surface area contributed by atoms with Gasteiger partial charge in [-0.15, -0.1) is 0 Å². The number of rotatable bonds is 7. The van der Waals surface area contributed by atoms with Gasteiger partial charge in [0, 0.05) is 31.6 Å². The number of carbonyl (C=O) groups is 2. The zero-order valence-electron chi connectivity index (χ0n) is 21.5. The summed E-state index contributed by atoms with van der Waals surface area (Å²) in [7, 11) is 1.56. The number of nitrogens with zero attached hydrogens (tertiary/aromatic N) is 1. The monoisotopic (exact) mass is 615 g/mol. The molecule has 7 nitrogen and oxygen atoms in total. The third-order valence-electron chi connectivity index (χ3n) is 6.24. The Morgan fingerprint density at radius 3 is 2.42 bits per heavy atom. The molecule has 0 aliphatic rings. The van der Waals surface area contributed by atoms with Crippen molar-refractivity contribution in [2.24, 2.45) is 5.10 Å². The van der Waals surface area contributed by atoms with Crippen molar-refractivity contribution in [2.45, 2.75) is 6.92 Å². The molecule has 1 aromatic heterocycles. The van der Waals surface area contributed by atoms with Gasteiger partial charge in [0.15, 0.2) is 0 Å². The zero-order valence-corrected chi connectivity index (χ0v) is 23.8. The molecular formula is C31H23BrClN3O4. The molecule has 0 saturated heterocycles. The number of amides is 1. The number of nitrogens with one attached hydrogen (secondary N) is 2. The molecular weight excluding hydrogens is 594 g/mol. The van der Waals surface area contributed by atoms with Gasteiger partial charge in [0.05, 0.1) is 24.4 Å². The van der Waals surface area contributed by atoms with Crippen molar-refractivity contribution in [3.8, 4) is 22.6 Å². The number of halogens is 2. The second kappa shape index (κ2) is 11.8. The van der Waals surface area contributed by atoms with Crippen molar-refractivity contribution in [3.05, 3.63) is 117 Å². The van der Waals surface area contributed by atoms with Gasteiger partial charge >= 0.3 is 5.97 Å².